The van der Waals surface area contributed by atoms with E-state index in [0.717, 1.165) is 12.2 Å². The second kappa shape index (κ2) is 8.52. The van der Waals surface area contributed by atoms with E-state index in [0.29, 0.717) is 18.3 Å². The lowest BCUT2D eigenvalue weighted by atomic mass is 10.0. The summed E-state index contributed by atoms with van der Waals surface area (Å²) in [6.45, 7) is 5.85. The zero-order valence-electron chi connectivity index (χ0n) is 12.6. The van der Waals surface area contributed by atoms with Crippen molar-refractivity contribution in [2.75, 3.05) is 12.4 Å². The number of ether oxygens (including phenoxy) is 1. The molecule has 20 heavy (non-hydrogen) atoms. The Morgan fingerprint density at radius 3 is 2.65 bits per heavy atom. The molecule has 0 aromatic carbocycles. The maximum atomic E-state index is 12.0. The van der Waals surface area contributed by atoms with Crippen molar-refractivity contribution < 1.29 is 14.3 Å². The molecule has 0 spiro atoms. The Morgan fingerprint density at radius 2 is 2.15 bits per heavy atom. The number of carbonyl (C=O) groups is 2. The lowest BCUT2D eigenvalue weighted by Gasteiger charge is -2.23. The van der Waals surface area contributed by atoms with E-state index in [2.05, 4.69) is 5.32 Å². The first kappa shape index (κ1) is 17.3. The molecule has 0 bridgehead atoms. The van der Waals surface area contributed by atoms with Crippen LogP contribution in [-0.2, 0) is 14.3 Å². The molecule has 1 aliphatic heterocycles. The fourth-order valence-corrected chi connectivity index (χ4v) is 3.45. The van der Waals surface area contributed by atoms with Crippen molar-refractivity contribution in [3.05, 3.63) is 0 Å². The van der Waals surface area contributed by atoms with Crippen molar-refractivity contribution in [1.29, 1.82) is 0 Å². The Labute approximate surface area is 125 Å². The van der Waals surface area contributed by atoms with Crippen LogP contribution >= 0.6 is 11.8 Å². The summed E-state index contributed by atoms with van der Waals surface area (Å²) in [6.07, 6.45) is 2.89. The molecule has 1 fully saturated rings. The number of nitrogens with two attached hydrogens (primary N) is 1. The van der Waals surface area contributed by atoms with Gasteiger partial charge >= 0.3 is 5.97 Å². The molecule has 1 unspecified atom stereocenters. The van der Waals surface area contributed by atoms with Crippen LogP contribution < -0.4 is 11.1 Å². The van der Waals surface area contributed by atoms with Gasteiger partial charge in [0.25, 0.3) is 0 Å². The minimum atomic E-state index is -0.594. The van der Waals surface area contributed by atoms with E-state index in [1.165, 1.54) is 6.42 Å². The molecule has 0 aliphatic carbocycles. The van der Waals surface area contributed by atoms with Crippen LogP contribution in [0.1, 0.15) is 40.0 Å². The van der Waals surface area contributed by atoms with Crippen molar-refractivity contribution in [3.63, 3.8) is 0 Å². The summed E-state index contributed by atoms with van der Waals surface area (Å²) in [5, 5.41) is 3.17. The summed E-state index contributed by atoms with van der Waals surface area (Å²) >= 11 is 1.86. The van der Waals surface area contributed by atoms with Gasteiger partial charge in [0.15, 0.2) is 0 Å². The fraction of sp³-hybridized carbons (Fsp3) is 0.857. The first-order chi connectivity index (χ1) is 9.45. The van der Waals surface area contributed by atoms with E-state index in [-0.39, 0.29) is 17.8 Å². The number of amides is 1. The molecule has 1 heterocycles. The van der Waals surface area contributed by atoms with Crippen LogP contribution in [0.5, 0.6) is 0 Å². The molecule has 6 heteroatoms. The number of carbonyl (C=O) groups excluding carboxylic acids is 2. The maximum Gasteiger partial charge on any atom is 0.328 e. The third-order valence-corrected chi connectivity index (χ3v) is 4.86. The zero-order chi connectivity index (χ0) is 15.1. The highest BCUT2D eigenvalue weighted by Gasteiger charge is 2.29. The van der Waals surface area contributed by atoms with E-state index in [9.17, 15) is 9.59 Å². The minimum Gasteiger partial charge on any atom is -0.464 e. The van der Waals surface area contributed by atoms with Gasteiger partial charge in [0.05, 0.1) is 12.6 Å². The Morgan fingerprint density at radius 1 is 1.45 bits per heavy atom. The van der Waals surface area contributed by atoms with Crippen molar-refractivity contribution in [2.24, 2.45) is 11.7 Å². The first-order valence-electron chi connectivity index (χ1n) is 7.29. The summed E-state index contributed by atoms with van der Waals surface area (Å²) in [5.41, 5.74) is 5.82. The summed E-state index contributed by atoms with van der Waals surface area (Å²) in [5.74, 6) is 0.531. The van der Waals surface area contributed by atoms with E-state index >= 15 is 0 Å². The van der Waals surface area contributed by atoms with Gasteiger partial charge in [0, 0.05) is 5.25 Å². The van der Waals surface area contributed by atoms with Gasteiger partial charge in [-0.2, -0.15) is 11.8 Å². The van der Waals surface area contributed by atoms with Crippen molar-refractivity contribution in [3.8, 4) is 0 Å². The molecule has 116 valence electrons. The van der Waals surface area contributed by atoms with Crippen molar-refractivity contribution >= 4 is 23.6 Å². The smallest absolute Gasteiger partial charge is 0.328 e. The second-order valence-electron chi connectivity index (χ2n) is 5.45. The maximum absolute atomic E-state index is 12.0. The number of esters is 1. The molecule has 1 amide bonds. The van der Waals surface area contributed by atoms with Gasteiger partial charge in [0.1, 0.15) is 6.04 Å². The third-order valence-electron chi connectivity index (χ3n) is 3.43. The predicted molar refractivity (Wildman–Crippen MR) is 81.5 cm³/mol. The molecule has 0 radical (unpaired) electrons. The van der Waals surface area contributed by atoms with E-state index in [1.807, 2.05) is 25.6 Å². The van der Waals surface area contributed by atoms with Gasteiger partial charge in [-0.25, -0.2) is 4.79 Å². The second-order valence-corrected chi connectivity index (χ2v) is 6.86. The quantitative estimate of drug-likeness (QED) is 0.693. The van der Waals surface area contributed by atoms with Crippen molar-refractivity contribution in [2.45, 2.75) is 57.4 Å². The minimum absolute atomic E-state index is 0.0405. The van der Waals surface area contributed by atoms with Gasteiger partial charge in [-0.05, 0) is 37.9 Å². The van der Waals surface area contributed by atoms with E-state index < -0.39 is 12.1 Å². The van der Waals surface area contributed by atoms with Crippen molar-refractivity contribution in [1.82, 2.24) is 5.32 Å². The van der Waals surface area contributed by atoms with Gasteiger partial charge in [-0.15, -0.1) is 0 Å². The first-order valence-corrected chi connectivity index (χ1v) is 8.34. The number of hydrogen-bond donors (Lipinski definition) is 2. The summed E-state index contributed by atoms with van der Waals surface area (Å²) in [6, 6.07) is -1.17. The summed E-state index contributed by atoms with van der Waals surface area (Å²) in [4.78, 5) is 24.0. The van der Waals surface area contributed by atoms with Crippen LogP contribution in [0.3, 0.4) is 0 Å². The van der Waals surface area contributed by atoms with Crippen LogP contribution in [0, 0.1) is 5.92 Å². The summed E-state index contributed by atoms with van der Waals surface area (Å²) < 4.78 is 5.05. The molecular formula is C14H26N2O3S. The van der Waals surface area contributed by atoms with E-state index in [4.69, 9.17) is 10.5 Å². The number of rotatable bonds is 7. The van der Waals surface area contributed by atoms with E-state index in [1.54, 1.807) is 6.92 Å². The Hall–Kier alpha value is -0.750. The highest BCUT2D eigenvalue weighted by atomic mass is 32.2. The SMILES string of the molecule is CCOC(=O)C(C[C@H]1CCCS1)NC(=O)[C@@H](N)C(C)C. The number of nitrogens with one attached hydrogen (secondary N) is 1. The Kier molecular flexibility index (Phi) is 7.37. The molecule has 0 saturated carbocycles. The molecule has 3 atom stereocenters. The number of hydrogen-bond acceptors (Lipinski definition) is 5. The molecule has 5 nitrogen and oxygen atoms in total. The lowest BCUT2D eigenvalue weighted by Crippen LogP contribution is -2.51. The topological polar surface area (TPSA) is 81.4 Å². The predicted octanol–water partition coefficient (Wildman–Crippen LogP) is 1.30. The average Bonchev–Trinajstić information content (AvgIpc) is 2.90. The molecule has 0 aromatic rings. The van der Waals surface area contributed by atoms with Crippen LogP contribution in [0.2, 0.25) is 0 Å². The molecule has 1 saturated heterocycles. The van der Waals surface area contributed by atoms with Gasteiger partial charge in [-0.1, -0.05) is 13.8 Å². The standard InChI is InChI=1S/C14H26N2O3S/c1-4-19-14(18)11(8-10-6-5-7-20-10)16-13(17)12(15)9(2)3/h9-12H,4-8,15H2,1-3H3,(H,16,17)/t10-,11?,12+/m1/s1. The van der Waals surface area contributed by atoms with Gasteiger partial charge in [-0.3, -0.25) is 4.79 Å². The lowest BCUT2D eigenvalue weighted by molar-refractivity contribution is -0.147. The molecule has 1 rings (SSSR count). The zero-order valence-corrected chi connectivity index (χ0v) is 13.4. The average molecular weight is 302 g/mol. The third kappa shape index (κ3) is 5.32. The van der Waals surface area contributed by atoms with Crippen LogP contribution in [0.15, 0.2) is 0 Å². The van der Waals surface area contributed by atoms with Gasteiger partial charge in [0.2, 0.25) is 5.91 Å². The largest absolute Gasteiger partial charge is 0.464 e. The van der Waals surface area contributed by atoms with Crippen LogP contribution in [0.25, 0.3) is 0 Å². The highest BCUT2D eigenvalue weighted by Crippen LogP contribution is 2.29. The molecular weight excluding hydrogens is 276 g/mol. The molecule has 3 N–H and O–H groups in total. The van der Waals surface area contributed by atoms with Crippen LogP contribution in [-0.4, -0.2) is 41.6 Å². The Bertz CT molecular complexity index is 330. The summed E-state index contributed by atoms with van der Waals surface area (Å²) in [7, 11) is 0. The highest BCUT2D eigenvalue weighted by molar-refractivity contribution is 8.00. The normalized spacial score (nSPS) is 21.6. The monoisotopic (exact) mass is 302 g/mol. The Balaban J connectivity index is 2.61. The van der Waals surface area contributed by atoms with Gasteiger partial charge < -0.3 is 15.8 Å². The van der Waals surface area contributed by atoms with Crippen LogP contribution in [0.4, 0.5) is 0 Å². The molecule has 1 aliphatic rings. The molecule has 0 aromatic heterocycles. The fourth-order valence-electron chi connectivity index (χ4n) is 2.12. The number of thioether (sulfide) groups is 1.